The third-order valence-corrected chi connectivity index (χ3v) is 4.73. The van der Waals surface area contributed by atoms with E-state index in [2.05, 4.69) is 40.5 Å². The molecule has 0 radical (unpaired) electrons. The lowest BCUT2D eigenvalue weighted by Crippen LogP contribution is -2.14. The van der Waals surface area contributed by atoms with Gasteiger partial charge in [0.1, 0.15) is 5.75 Å². The van der Waals surface area contributed by atoms with Gasteiger partial charge in [-0.2, -0.15) is 5.10 Å². The van der Waals surface area contributed by atoms with Gasteiger partial charge in [-0.25, -0.2) is 0 Å². The van der Waals surface area contributed by atoms with Gasteiger partial charge in [0.25, 0.3) is 5.91 Å². The summed E-state index contributed by atoms with van der Waals surface area (Å²) in [5.74, 6) is 0.0269. The smallest absolute Gasteiger partial charge is 0.252 e. The lowest BCUT2D eigenvalue weighted by atomic mass is 10.0. The molecule has 0 bridgehead atoms. The largest absolute Gasteiger partial charge is 0.492 e. The minimum Gasteiger partial charge on any atom is -0.492 e. The fourth-order valence-corrected chi connectivity index (χ4v) is 3.28. The molecule has 4 rings (SSSR count). The summed E-state index contributed by atoms with van der Waals surface area (Å²) in [5.41, 5.74) is 9.11. The van der Waals surface area contributed by atoms with E-state index in [-0.39, 0.29) is 0 Å². The highest BCUT2D eigenvalue weighted by Crippen LogP contribution is 2.22. The van der Waals surface area contributed by atoms with Crippen molar-refractivity contribution in [3.8, 4) is 5.75 Å². The molecule has 1 heterocycles. The molecule has 0 fully saturated rings. The van der Waals surface area contributed by atoms with Crippen molar-refractivity contribution >= 4 is 16.7 Å². The van der Waals surface area contributed by atoms with Crippen LogP contribution in [0, 0.1) is 0 Å². The first-order valence-corrected chi connectivity index (χ1v) is 9.20. The molecule has 3 aromatic carbocycles. The van der Waals surface area contributed by atoms with Crippen LogP contribution in [-0.4, -0.2) is 22.7 Å². The second-order valence-electron chi connectivity index (χ2n) is 6.73. The standard InChI is InChI=1S/C23H21N3O2/c24-23(27)21-8-6-17(14-20-9-11-25-26-20)15-22(21)28-12-10-16-5-7-18-3-1-2-4-19(18)13-16/h1-9,11,13,15H,10,12,14H2,(H2,24,27)(H,25,26). The van der Waals surface area contributed by atoms with E-state index in [1.807, 2.05) is 30.3 Å². The molecular formula is C23H21N3O2. The van der Waals surface area contributed by atoms with Gasteiger partial charge >= 0.3 is 0 Å². The van der Waals surface area contributed by atoms with E-state index in [9.17, 15) is 4.79 Å². The molecule has 0 spiro atoms. The summed E-state index contributed by atoms with van der Waals surface area (Å²) >= 11 is 0. The van der Waals surface area contributed by atoms with Crippen LogP contribution in [0.15, 0.2) is 72.9 Å². The highest BCUT2D eigenvalue weighted by Gasteiger charge is 2.11. The van der Waals surface area contributed by atoms with Crippen molar-refractivity contribution < 1.29 is 9.53 Å². The average Bonchev–Trinajstić information content (AvgIpc) is 3.21. The number of primary amides is 1. The number of ether oxygens (including phenoxy) is 1. The quantitative estimate of drug-likeness (QED) is 0.517. The normalized spacial score (nSPS) is 10.9. The Hall–Kier alpha value is -3.60. The highest BCUT2D eigenvalue weighted by atomic mass is 16.5. The van der Waals surface area contributed by atoms with Crippen LogP contribution in [-0.2, 0) is 12.8 Å². The summed E-state index contributed by atoms with van der Waals surface area (Å²) in [6, 6.07) is 22.1. The van der Waals surface area contributed by atoms with Crippen molar-refractivity contribution in [2.75, 3.05) is 6.61 Å². The number of aromatic nitrogens is 2. The Morgan fingerprint density at radius 2 is 1.79 bits per heavy atom. The number of hydrogen-bond donors (Lipinski definition) is 2. The van der Waals surface area contributed by atoms with Gasteiger partial charge in [0.05, 0.1) is 12.2 Å². The Bertz CT molecular complexity index is 1100. The number of nitrogens with one attached hydrogen (secondary N) is 1. The van der Waals surface area contributed by atoms with Gasteiger partial charge in [-0.05, 0) is 40.1 Å². The molecule has 0 aliphatic heterocycles. The predicted octanol–water partition coefficient (Wildman–Crippen LogP) is 3.87. The summed E-state index contributed by atoms with van der Waals surface area (Å²) in [4.78, 5) is 11.8. The number of H-pyrrole nitrogens is 1. The van der Waals surface area contributed by atoms with Gasteiger partial charge in [0.2, 0.25) is 0 Å². The maximum absolute atomic E-state index is 11.8. The number of nitrogens with zero attached hydrogens (tertiary/aromatic N) is 1. The Labute approximate surface area is 163 Å². The zero-order chi connectivity index (χ0) is 19.3. The summed E-state index contributed by atoms with van der Waals surface area (Å²) < 4.78 is 5.95. The number of aromatic amines is 1. The molecule has 0 unspecified atom stereocenters. The van der Waals surface area contributed by atoms with Crippen molar-refractivity contribution in [1.29, 1.82) is 0 Å². The SMILES string of the molecule is NC(=O)c1ccc(Cc2ccn[nH]2)cc1OCCc1ccc2ccccc2c1. The van der Waals surface area contributed by atoms with Crippen LogP contribution in [0.25, 0.3) is 10.8 Å². The van der Waals surface area contributed by atoms with Crippen LogP contribution in [0.1, 0.15) is 27.2 Å². The van der Waals surface area contributed by atoms with E-state index < -0.39 is 5.91 Å². The van der Waals surface area contributed by atoms with E-state index >= 15 is 0 Å². The van der Waals surface area contributed by atoms with E-state index in [1.54, 1.807) is 12.3 Å². The topological polar surface area (TPSA) is 81.0 Å². The Morgan fingerprint density at radius 1 is 0.964 bits per heavy atom. The van der Waals surface area contributed by atoms with Crippen molar-refractivity contribution in [2.45, 2.75) is 12.8 Å². The van der Waals surface area contributed by atoms with Crippen molar-refractivity contribution in [2.24, 2.45) is 5.73 Å². The van der Waals surface area contributed by atoms with Crippen LogP contribution in [0.3, 0.4) is 0 Å². The number of hydrogen-bond acceptors (Lipinski definition) is 3. The molecule has 3 N–H and O–H groups in total. The number of benzene rings is 3. The predicted molar refractivity (Wildman–Crippen MR) is 110 cm³/mol. The molecule has 1 aromatic heterocycles. The molecule has 5 heteroatoms. The van der Waals surface area contributed by atoms with Crippen molar-refractivity contribution in [1.82, 2.24) is 10.2 Å². The first kappa shape index (κ1) is 17.8. The Kier molecular flexibility index (Phi) is 5.06. The zero-order valence-corrected chi connectivity index (χ0v) is 15.4. The maximum atomic E-state index is 11.8. The molecule has 0 atom stereocenters. The average molecular weight is 371 g/mol. The fourth-order valence-electron chi connectivity index (χ4n) is 3.28. The van der Waals surface area contributed by atoms with Gasteiger partial charge in [0, 0.05) is 24.7 Å². The molecule has 28 heavy (non-hydrogen) atoms. The molecule has 140 valence electrons. The third kappa shape index (κ3) is 4.04. The first-order chi connectivity index (χ1) is 13.7. The van der Waals surface area contributed by atoms with Gasteiger partial charge in [-0.3, -0.25) is 9.89 Å². The van der Waals surface area contributed by atoms with Crippen LogP contribution in [0.5, 0.6) is 5.75 Å². The number of carbonyl (C=O) groups is 1. The van der Waals surface area contributed by atoms with Crippen LogP contribution in [0.2, 0.25) is 0 Å². The summed E-state index contributed by atoms with van der Waals surface area (Å²) in [5, 5.41) is 9.33. The summed E-state index contributed by atoms with van der Waals surface area (Å²) in [6.07, 6.45) is 3.14. The van der Waals surface area contributed by atoms with E-state index in [4.69, 9.17) is 10.5 Å². The number of fused-ring (bicyclic) bond motifs is 1. The number of carbonyl (C=O) groups excluding carboxylic acids is 1. The number of rotatable bonds is 7. The van der Waals surface area contributed by atoms with E-state index in [0.29, 0.717) is 24.3 Å². The van der Waals surface area contributed by atoms with Gasteiger partial charge in [-0.15, -0.1) is 0 Å². The minimum atomic E-state index is -0.492. The lowest BCUT2D eigenvalue weighted by molar-refractivity contribution is 0.0996. The van der Waals surface area contributed by atoms with Gasteiger partial charge in [-0.1, -0.05) is 48.5 Å². The molecule has 4 aromatic rings. The molecule has 5 nitrogen and oxygen atoms in total. The monoisotopic (exact) mass is 371 g/mol. The molecule has 0 aliphatic carbocycles. The summed E-state index contributed by atoms with van der Waals surface area (Å²) in [6.45, 7) is 0.464. The molecule has 0 aliphatic rings. The molecule has 0 saturated carbocycles. The van der Waals surface area contributed by atoms with E-state index in [0.717, 1.165) is 17.7 Å². The third-order valence-electron chi connectivity index (χ3n) is 4.73. The second kappa shape index (κ2) is 7.96. The van der Waals surface area contributed by atoms with Crippen LogP contribution in [0.4, 0.5) is 0 Å². The van der Waals surface area contributed by atoms with E-state index in [1.165, 1.54) is 16.3 Å². The van der Waals surface area contributed by atoms with Gasteiger partial charge in [0.15, 0.2) is 0 Å². The summed E-state index contributed by atoms with van der Waals surface area (Å²) in [7, 11) is 0. The van der Waals surface area contributed by atoms with Crippen molar-refractivity contribution in [3.63, 3.8) is 0 Å². The maximum Gasteiger partial charge on any atom is 0.252 e. The molecule has 0 saturated heterocycles. The second-order valence-corrected chi connectivity index (χ2v) is 6.73. The minimum absolute atomic E-state index is 0.395. The Morgan fingerprint density at radius 3 is 2.57 bits per heavy atom. The van der Waals surface area contributed by atoms with Crippen molar-refractivity contribution in [3.05, 3.63) is 95.3 Å². The number of amides is 1. The van der Waals surface area contributed by atoms with Crippen LogP contribution >= 0.6 is 0 Å². The highest BCUT2D eigenvalue weighted by molar-refractivity contribution is 5.95. The van der Waals surface area contributed by atoms with Crippen LogP contribution < -0.4 is 10.5 Å². The van der Waals surface area contributed by atoms with Gasteiger partial charge < -0.3 is 10.5 Å². The first-order valence-electron chi connectivity index (χ1n) is 9.20. The number of nitrogens with two attached hydrogens (primary N) is 1. The molecular weight excluding hydrogens is 350 g/mol. The Balaban J connectivity index is 1.48. The fraction of sp³-hybridized carbons (Fsp3) is 0.130. The zero-order valence-electron chi connectivity index (χ0n) is 15.4. The lowest BCUT2D eigenvalue weighted by Gasteiger charge is -2.12. The molecule has 1 amide bonds.